The van der Waals surface area contributed by atoms with Crippen molar-refractivity contribution in [2.45, 2.75) is 38.0 Å². The van der Waals surface area contributed by atoms with Gasteiger partial charge in [0.25, 0.3) is 0 Å². The molecule has 6 heteroatoms. The van der Waals surface area contributed by atoms with Gasteiger partial charge in [0.15, 0.2) is 5.65 Å². The second kappa shape index (κ2) is 4.43. The van der Waals surface area contributed by atoms with E-state index in [0.29, 0.717) is 5.92 Å². The van der Waals surface area contributed by atoms with Crippen molar-refractivity contribution in [1.29, 1.82) is 0 Å². The minimum Gasteiger partial charge on any atom is -0.376 e. The van der Waals surface area contributed by atoms with Crippen molar-refractivity contribution >= 4 is 11.5 Å². The van der Waals surface area contributed by atoms with Crippen LogP contribution in [0.1, 0.15) is 18.4 Å². The molecule has 4 unspecified atom stereocenters. The monoisotopic (exact) mass is 273 g/mol. The highest BCUT2D eigenvalue weighted by Gasteiger charge is 2.50. The molecule has 2 aliphatic rings. The van der Waals surface area contributed by atoms with Crippen molar-refractivity contribution in [2.24, 2.45) is 11.7 Å². The molecule has 1 aliphatic carbocycles. The largest absolute Gasteiger partial charge is 0.376 e. The van der Waals surface area contributed by atoms with E-state index in [1.165, 1.54) is 6.42 Å². The highest BCUT2D eigenvalue weighted by molar-refractivity contribution is 5.52. The Balaban J connectivity index is 1.63. The minimum absolute atomic E-state index is 0.152. The summed E-state index contributed by atoms with van der Waals surface area (Å²) in [5.74, 6) is 1.43. The van der Waals surface area contributed by atoms with E-state index in [2.05, 4.69) is 28.4 Å². The Kier molecular flexibility index (Phi) is 2.68. The number of hydrogen-bond donors (Lipinski definition) is 2. The number of nitrogens with two attached hydrogens (primary N) is 1. The average molecular weight is 273 g/mol. The van der Waals surface area contributed by atoms with Crippen molar-refractivity contribution < 1.29 is 4.74 Å². The molecular weight excluding hydrogens is 254 g/mol. The van der Waals surface area contributed by atoms with Crippen LogP contribution >= 0.6 is 0 Å². The molecule has 3 heterocycles. The average Bonchev–Trinajstić information content (AvgIpc) is 2.92. The van der Waals surface area contributed by atoms with Crippen LogP contribution in [0.2, 0.25) is 0 Å². The lowest BCUT2D eigenvalue weighted by molar-refractivity contribution is -0.104. The Morgan fingerprint density at radius 1 is 1.45 bits per heavy atom. The highest BCUT2D eigenvalue weighted by atomic mass is 16.5. The minimum atomic E-state index is 0.152. The van der Waals surface area contributed by atoms with Gasteiger partial charge in [0.2, 0.25) is 0 Å². The number of nitrogens with zero attached hydrogens (tertiary/aromatic N) is 3. The van der Waals surface area contributed by atoms with Crippen LogP contribution in [0, 0.1) is 12.8 Å². The van der Waals surface area contributed by atoms with Crippen molar-refractivity contribution in [3.63, 3.8) is 0 Å². The topological polar surface area (TPSA) is 77.5 Å². The fourth-order valence-corrected chi connectivity index (χ4v) is 3.46. The van der Waals surface area contributed by atoms with E-state index in [0.717, 1.165) is 30.1 Å². The van der Waals surface area contributed by atoms with Crippen LogP contribution in [0.3, 0.4) is 0 Å². The number of anilines is 1. The van der Waals surface area contributed by atoms with Crippen LogP contribution in [-0.2, 0) is 4.74 Å². The van der Waals surface area contributed by atoms with E-state index < -0.39 is 0 Å². The van der Waals surface area contributed by atoms with Gasteiger partial charge in [0.1, 0.15) is 12.1 Å². The molecule has 4 atom stereocenters. The van der Waals surface area contributed by atoms with Gasteiger partial charge < -0.3 is 15.8 Å². The van der Waals surface area contributed by atoms with Gasteiger partial charge in [-0.05, 0) is 37.5 Å². The predicted molar refractivity (Wildman–Crippen MR) is 75.6 cm³/mol. The Morgan fingerprint density at radius 2 is 2.35 bits per heavy atom. The number of rotatable bonds is 2. The van der Waals surface area contributed by atoms with Crippen molar-refractivity contribution in [1.82, 2.24) is 14.6 Å². The maximum atomic E-state index is 6.29. The summed E-state index contributed by atoms with van der Waals surface area (Å²) in [6.07, 6.45) is 4.11. The van der Waals surface area contributed by atoms with Crippen molar-refractivity contribution in [3.05, 3.63) is 24.0 Å². The maximum Gasteiger partial charge on any atom is 0.157 e. The van der Waals surface area contributed by atoms with E-state index in [-0.39, 0.29) is 18.2 Å². The fourth-order valence-electron chi connectivity index (χ4n) is 3.46. The molecule has 1 saturated heterocycles. The summed E-state index contributed by atoms with van der Waals surface area (Å²) in [7, 11) is 0. The molecule has 0 aromatic carbocycles. The second-order valence-electron chi connectivity index (χ2n) is 5.84. The molecule has 1 saturated carbocycles. The Hall–Kier alpha value is -1.66. The molecule has 0 bridgehead atoms. The van der Waals surface area contributed by atoms with Crippen LogP contribution in [0.15, 0.2) is 18.5 Å². The molecule has 0 amide bonds. The zero-order valence-electron chi connectivity index (χ0n) is 11.5. The first-order valence-electron chi connectivity index (χ1n) is 7.18. The van der Waals surface area contributed by atoms with E-state index in [4.69, 9.17) is 10.5 Å². The van der Waals surface area contributed by atoms with E-state index in [9.17, 15) is 0 Å². The molecule has 1 aliphatic heterocycles. The molecule has 3 N–H and O–H groups in total. The van der Waals surface area contributed by atoms with Crippen LogP contribution in [0.5, 0.6) is 0 Å². The summed E-state index contributed by atoms with van der Waals surface area (Å²) < 4.78 is 7.68. The van der Waals surface area contributed by atoms with Crippen molar-refractivity contribution in [3.8, 4) is 0 Å². The molecule has 6 nitrogen and oxygen atoms in total. The van der Waals surface area contributed by atoms with Crippen molar-refractivity contribution in [2.75, 3.05) is 11.9 Å². The lowest BCUT2D eigenvalue weighted by Crippen LogP contribution is -2.69. The Morgan fingerprint density at radius 3 is 3.25 bits per heavy atom. The number of pyridine rings is 1. The number of fused-ring (bicyclic) bond motifs is 2. The van der Waals surface area contributed by atoms with Crippen LogP contribution in [0.25, 0.3) is 5.65 Å². The lowest BCUT2D eigenvalue weighted by atomic mass is 9.68. The number of ether oxygens (including phenoxy) is 1. The van der Waals surface area contributed by atoms with Gasteiger partial charge >= 0.3 is 0 Å². The first-order valence-corrected chi connectivity index (χ1v) is 7.18. The van der Waals surface area contributed by atoms with Crippen LogP contribution in [-0.4, -0.2) is 39.4 Å². The standard InChI is InChI=1S/C14H19N5O/c1-8-5-10-16-7-17-19(10)11(6-8)18-13-12(15)9-3-2-4-20-14(9)13/h5-7,9,12-14,18H,2-4,15H2,1H3. The highest BCUT2D eigenvalue weighted by Crippen LogP contribution is 2.38. The molecule has 20 heavy (non-hydrogen) atoms. The first kappa shape index (κ1) is 12.1. The molecule has 106 valence electrons. The van der Waals surface area contributed by atoms with E-state index >= 15 is 0 Å². The summed E-state index contributed by atoms with van der Waals surface area (Å²) >= 11 is 0. The quantitative estimate of drug-likeness (QED) is 0.852. The van der Waals surface area contributed by atoms with Crippen LogP contribution in [0.4, 0.5) is 5.82 Å². The SMILES string of the molecule is Cc1cc(NC2C(N)C3CCCOC32)n2ncnc2c1. The lowest BCUT2D eigenvalue weighted by Gasteiger charge is -2.52. The smallest absolute Gasteiger partial charge is 0.157 e. The van der Waals surface area contributed by atoms with Gasteiger partial charge in [-0.25, -0.2) is 4.98 Å². The summed E-state index contributed by atoms with van der Waals surface area (Å²) in [5, 5.41) is 7.77. The van der Waals surface area contributed by atoms with E-state index in [1.807, 2.05) is 10.6 Å². The summed E-state index contributed by atoms with van der Waals surface area (Å²) in [6, 6.07) is 4.40. The third-order valence-electron chi connectivity index (χ3n) is 4.52. The maximum absolute atomic E-state index is 6.29. The Labute approximate surface area is 117 Å². The predicted octanol–water partition coefficient (Wildman–Crippen LogP) is 0.954. The summed E-state index contributed by atoms with van der Waals surface area (Å²) in [5.41, 5.74) is 8.30. The van der Waals surface area contributed by atoms with Crippen LogP contribution < -0.4 is 11.1 Å². The zero-order chi connectivity index (χ0) is 13.7. The first-order chi connectivity index (χ1) is 9.74. The van der Waals surface area contributed by atoms with Gasteiger partial charge in [0.05, 0.1) is 12.1 Å². The molecule has 2 aromatic rings. The third-order valence-corrected chi connectivity index (χ3v) is 4.52. The zero-order valence-corrected chi connectivity index (χ0v) is 11.5. The Bertz CT molecular complexity index is 640. The third kappa shape index (κ3) is 1.72. The van der Waals surface area contributed by atoms with Gasteiger partial charge in [0, 0.05) is 18.6 Å². The van der Waals surface area contributed by atoms with Gasteiger partial charge in [-0.3, -0.25) is 0 Å². The summed E-state index contributed by atoms with van der Waals surface area (Å²) in [4.78, 5) is 4.24. The number of hydrogen-bond acceptors (Lipinski definition) is 5. The molecule has 2 fully saturated rings. The number of aryl methyl sites for hydroxylation is 1. The summed E-state index contributed by atoms with van der Waals surface area (Å²) in [6.45, 7) is 2.90. The van der Waals surface area contributed by atoms with Gasteiger partial charge in [-0.15, -0.1) is 0 Å². The second-order valence-corrected chi connectivity index (χ2v) is 5.84. The molecule has 0 radical (unpaired) electrons. The molecule has 0 spiro atoms. The fraction of sp³-hybridized carbons (Fsp3) is 0.571. The molecular formula is C14H19N5O. The number of nitrogens with one attached hydrogen (secondary N) is 1. The van der Waals surface area contributed by atoms with Gasteiger partial charge in [-0.2, -0.15) is 9.61 Å². The normalized spacial score (nSPS) is 32.7. The molecule has 4 rings (SSSR count). The number of aromatic nitrogens is 3. The van der Waals surface area contributed by atoms with E-state index in [1.54, 1.807) is 6.33 Å². The molecule has 2 aromatic heterocycles. The van der Waals surface area contributed by atoms with Gasteiger partial charge in [-0.1, -0.05) is 0 Å².